The maximum absolute atomic E-state index is 13.0. The van der Waals surface area contributed by atoms with Crippen LogP contribution >= 0.6 is 0 Å². The van der Waals surface area contributed by atoms with E-state index in [9.17, 15) is 4.79 Å². The Morgan fingerprint density at radius 2 is 1.70 bits per heavy atom. The van der Waals surface area contributed by atoms with Crippen molar-refractivity contribution in [3.63, 3.8) is 0 Å². The molecule has 0 saturated heterocycles. The molecule has 0 aliphatic heterocycles. The third kappa shape index (κ3) is 4.01. The Kier molecular flexibility index (Phi) is 5.19. The third-order valence-electron chi connectivity index (χ3n) is 7.28. The molecule has 1 aromatic rings. The van der Waals surface area contributed by atoms with Crippen molar-refractivity contribution < 1.29 is 14.4 Å². The van der Waals surface area contributed by atoms with Gasteiger partial charge in [-0.25, -0.2) is 0 Å². The fourth-order valence-corrected chi connectivity index (χ4v) is 6.20. The van der Waals surface area contributed by atoms with E-state index >= 15 is 0 Å². The minimum Gasteiger partial charge on any atom is -0.494 e. The zero-order chi connectivity index (χ0) is 19.0. The summed E-state index contributed by atoms with van der Waals surface area (Å²) in [5.74, 6) is 3.73. The molecule has 0 aromatic heterocycles. The second-order valence-corrected chi connectivity index (χ2v) is 9.51. The maximum Gasteiger partial charge on any atom is 0.278 e. The third-order valence-corrected chi connectivity index (χ3v) is 7.28. The molecule has 0 spiro atoms. The van der Waals surface area contributed by atoms with E-state index in [-0.39, 0.29) is 17.5 Å². The number of nitrogens with one attached hydrogen (secondary N) is 2. The Hall–Kier alpha value is -1.55. The van der Waals surface area contributed by atoms with Gasteiger partial charge in [0.15, 0.2) is 6.04 Å². The molecule has 1 unspecified atom stereocenters. The van der Waals surface area contributed by atoms with E-state index in [0.29, 0.717) is 6.61 Å². The number of hydrogen-bond donors (Lipinski definition) is 2. The first kappa shape index (κ1) is 18.8. The molecule has 4 fully saturated rings. The van der Waals surface area contributed by atoms with Crippen LogP contribution in [0.5, 0.6) is 5.75 Å². The number of hydrogen-bond acceptors (Lipinski definition) is 2. The van der Waals surface area contributed by atoms with E-state index < -0.39 is 0 Å². The van der Waals surface area contributed by atoms with E-state index in [2.05, 4.69) is 31.4 Å². The number of likely N-dealkylation sites (N-methyl/N-ethyl adjacent to an activating group) is 1. The van der Waals surface area contributed by atoms with E-state index in [1.54, 1.807) is 0 Å². The summed E-state index contributed by atoms with van der Waals surface area (Å²) in [7, 11) is 2.13. The first-order chi connectivity index (χ1) is 13.0. The summed E-state index contributed by atoms with van der Waals surface area (Å²) >= 11 is 0. The Balaban J connectivity index is 1.34. The van der Waals surface area contributed by atoms with Crippen LogP contribution in [-0.2, 0) is 11.3 Å². The van der Waals surface area contributed by atoms with Crippen LogP contribution in [0.4, 0.5) is 0 Å². The minimum absolute atomic E-state index is 0.0374. The number of carbonyl (C=O) groups is 1. The van der Waals surface area contributed by atoms with Crippen LogP contribution < -0.4 is 15.0 Å². The molecule has 4 nitrogen and oxygen atoms in total. The summed E-state index contributed by atoms with van der Waals surface area (Å²) < 4.78 is 5.51. The van der Waals surface area contributed by atoms with E-state index in [4.69, 9.17) is 4.74 Å². The lowest BCUT2D eigenvalue weighted by atomic mass is 9.53. The van der Waals surface area contributed by atoms with Crippen molar-refractivity contribution in [2.24, 2.45) is 17.8 Å². The smallest absolute Gasteiger partial charge is 0.278 e. The van der Waals surface area contributed by atoms with Gasteiger partial charge in [-0.2, -0.15) is 0 Å². The van der Waals surface area contributed by atoms with Crippen LogP contribution in [0.25, 0.3) is 0 Å². The van der Waals surface area contributed by atoms with Gasteiger partial charge in [0.2, 0.25) is 0 Å². The Morgan fingerprint density at radius 3 is 2.22 bits per heavy atom. The predicted octanol–water partition coefficient (Wildman–Crippen LogP) is 2.57. The number of carbonyl (C=O) groups excluding carboxylic acids is 1. The van der Waals surface area contributed by atoms with Crippen molar-refractivity contribution in [3.05, 3.63) is 29.8 Å². The lowest BCUT2D eigenvalue weighted by Gasteiger charge is -2.57. The van der Waals surface area contributed by atoms with Gasteiger partial charge in [0.1, 0.15) is 12.3 Å². The normalized spacial score (nSPS) is 33.5. The molecule has 5 rings (SSSR count). The van der Waals surface area contributed by atoms with Crippen molar-refractivity contribution >= 4 is 5.91 Å². The van der Waals surface area contributed by atoms with Crippen LogP contribution in [0.15, 0.2) is 24.3 Å². The molecule has 2 N–H and O–H groups in total. The highest BCUT2D eigenvalue weighted by Crippen LogP contribution is 2.55. The van der Waals surface area contributed by atoms with Crippen molar-refractivity contribution in [1.29, 1.82) is 0 Å². The van der Waals surface area contributed by atoms with Gasteiger partial charge in [0.25, 0.3) is 5.91 Å². The van der Waals surface area contributed by atoms with Crippen LogP contribution in [0.3, 0.4) is 0 Å². The number of amides is 1. The molecule has 4 heteroatoms. The summed E-state index contributed by atoms with van der Waals surface area (Å²) in [6.07, 6.45) is 7.88. The monoisotopic (exact) mass is 371 g/mol. The number of ether oxygens (including phenoxy) is 1. The first-order valence-electron chi connectivity index (χ1n) is 10.8. The van der Waals surface area contributed by atoms with Crippen molar-refractivity contribution in [3.8, 4) is 5.75 Å². The van der Waals surface area contributed by atoms with Gasteiger partial charge in [0.05, 0.1) is 13.7 Å². The molecular formula is C23H35N2O2+. The summed E-state index contributed by atoms with van der Waals surface area (Å²) in [6, 6.07) is 8.22. The van der Waals surface area contributed by atoms with Gasteiger partial charge in [0, 0.05) is 11.1 Å². The average Bonchev–Trinajstić information content (AvgIpc) is 2.61. The lowest BCUT2D eigenvalue weighted by molar-refractivity contribution is -0.908. The number of rotatable bonds is 7. The second kappa shape index (κ2) is 7.46. The maximum atomic E-state index is 13.0. The first-order valence-corrected chi connectivity index (χ1v) is 10.8. The van der Waals surface area contributed by atoms with Crippen molar-refractivity contribution in [1.82, 2.24) is 5.32 Å². The van der Waals surface area contributed by atoms with Crippen LogP contribution in [0.2, 0.25) is 0 Å². The lowest BCUT2D eigenvalue weighted by Crippen LogP contribution is -3.12. The number of benzene rings is 1. The summed E-state index contributed by atoms with van der Waals surface area (Å²) in [4.78, 5) is 14.3. The highest BCUT2D eigenvalue weighted by atomic mass is 16.5. The highest BCUT2D eigenvalue weighted by molar-refractivity contribution is 5.80. The predicted molar refractivity (Wildman–Crippen MR) is 107 cm³/mol. The van der Waals surface area contributed by atoms with Crippen LogP contribution in [0, 0.1) is 17.8 Å². The standard InChI is InChI=1S/C23H34N2O2/c1-4-27-21-7-5-17(6-8-21)15-25(3)16(2)22(26)24-23-12-18-9-19(13-23)11-20(10-18)14-23/h5-8,16,18-20H,4,9-15H2,1-3H3,(H,24,26)/p+1/t16-,18?,19?,20?,23?/m1/s1. The van der Waals surface area contributed by atoms with Gasteiger partial charge in [-0.05, 0) is 94.4 Å². The molecule has 148 valence electrons. The van der Waals surface area contributed by atoms with E-state index in [1.165, 1.54) is 49.0 Å². The molecular weight excluding hydrogens is 336 g/mol. The molecule has 4 bridgehead atoms. The van der Waals surface area contributed by atoms with Gasteiger partial charge in [-0.3, -0.25) is 4.79 Å². The Bertz CT molecular complexity index is 634. The second-order valence-electron chi connectivity index (χ2n) is 9.51. The van der Waals surface area contributed by atoms with Gasteiger partial charge in [-0.15, -0.1) is 0 Å². The Morgan fingerprint density at radius 1 is 1.15 bits per heavy atom. The topological polar surface area (TPSA) is 42.8 Å². The molecule has 27 heavy (non-hydrogen) atoms. The zero-order valence-electron chi connectivity index (χ0n) is 17.1. The summed E-state index contributed by atoms with van der Waals surface area (Å²) in [5, 5.41) is 3.54. The van der Waals surface area contributed by atoms with Gasteiger partial charge >= 0.3 is 0 Å². The Labute approximate surface area is 163 Å². The van der Waals surface area contributed by atoms with Crippen LogP contribution in [0.1, 0.15) is 57.9 Å². The largest absolute Gasteiger partial charge is 0.494 e. The molecule has 4 aliphatic carbocycles. The van der Waals surface area contributed by atoms with E-state index in [1.807, 2.05) is 19.1 Å². The SMILES string of the molecule is CCOc1ccc(C[NH+](C)[C@H](C)C(=O)NC23CC4CC(CC(C4)C2)C3)cc1. The minimum atomic E-state index is -0.0374. The van der Waals surface area contributed by atoms with Crippen molar-refractivity contribution in [2.45, 2.75) is 70.5 Å². The van der Waals surface area contributed by atoms with Gasteiger partial charge in [-0.1, -0.05) is 0 Å². The van der Waals surface area contributed by atoms with Crippen LogP contribution in [-0.4, -0.2) is 31.1 Å². The molecule has 2 atom stereocenters. The zero-order valence-corrected chi connectivity index (χ0v) is 17.1. The van der Waals surface area contributed by atoms with Gasteiger partial charge < -0.3 is 15.0 Å². The highest BCUT2D eigenvalue weighted by Gasteiger charge is 2.52. The fraction of sp³-hybridized carbons (Fsp3) is 0.696. The quantitative estimate of drug-likeness (QED) is 0.774. The summed E-state index contributed by atoms with van der Waals surface area (Å²) in [6.45, 7) is 5.60. The average molecular weight is 372 g/mol. The van der Waals surface area contributed by atoms with Crippen molar-refractivity contribution in [2.75, 3.05) is 13.7 Å². The number of quaternary nitrogens is 1. The molecule has 4 saturated carbocycles. The van der Waals surface area contributed by atoms with E-state index in [0.717, 1.165) is 30.0 Å². The molecule has 0 radical (unpaired) electrons. The molecule has 1 amide bonds. The molecule has 0 heterocycles. The summed E-state index contributed by atoms with van der Waals surface area (Å²) in [5.41, 5.74) is 1.35. The molecule has 4 aliphatic rings. The molecule has 1 aromatic carbocycles. The fourth-order valence-electron chi connectivity index (χ4n) is 6.20.